The fourth-order valence-electron chi connectivity index (χ4n) is 1.89. The van der Waals surface area contributed by atoms with Crippen LogP contribution in [0.4, 0.5) is 4.79 Å². The summed E-state index contributed by atoms with van der Waals surface area (Å²) in [4.78, 5) is 11.9. The van der Waals surface area contributed by atoms with Gasteiger partial charge in [-0.25, -0.2) is 4.79 Å². The molecule has 3 N–H and O–H groups in total. The van der Waals surface area contributed by atoms with Crippen molar-refractivity contribution in [1.29, 1.82) is 0 Å². The third-order valence-electron chi connectivity index (χ3n) is 2.85. The lowest BCUT2D eigenvalue weighted by Gasteiger charge is -2.23. The van der Waals surface area contributed by atoms with Crippen LogP contribution in [0.1, 0.15) is 32.4 Å². The van der Waals surface area contributed by atoms with E-state index in [9.17, 15) is 9.90 Å². The van der Waals surface area contributed by atoms with Crippen molar-refractivity contribution in [3.05, 3.63) is 28.8 Å². The number of benzene rings is 1. The van der Waals surface area contributed by atoms with Crippen molar-refractivity contribution in [2.75, 3.05) is 6.61 Å². The summed E-state index contributed by atoms with van der Waals surface area (Å²) < 4.78 is 5.19. The van der Waals surface area contributed by atoms with E-state index in [1.165, 1.54) is 0 Å². The summed E-state index contributed by atoms with van der Waals surface area (Å²) in [5.74, 6) is 0.325. The molecule has 1 heterocycles. The number of tetrazole rings is 1. The third-order valence-corrected chi connectivity index (χ3v) is 3.18. The number of nitrogens with one attached hydrogen (secondary N) is 2. The molecule has 0 saturated carbocycles. The number of carbonyl (C=O) groups excluding carboxylic acids is 1. The van der Waals surface area contributed by atoms with Gasteiger partial charge >= 0.3 is 6.09 Å². The number of hydrogen-bond donors (Lipinski definition) is 3. The molecule has 0 bridgehead atoms. The highest BCUT2D eigenvalue weighted by atomic mass is 35.5. The lowest BCUT2D eigenvalue weighted by molar-refractivity contribution is 0.0482. The molecule has 2 aromatic rings. The Bertz CT molecular complexity index is 670. The zero-order valence-electron chi connectivity index (χ0n) is 13.0. The van der Waals surface area contributed by atoms with Crippen molar-refractivity contribution in [3.8, 4) is 11.4 Å². The van der Waals surface area contributed by atoms with Crippen molar-refractivity contribution >= 4 is 17.7 Å². The molecule has 9 heteroatoms. The number of aliphatic hydroxyl groups excluding tert-OH is 1. The molecule has 0 aliphatic rings. The van der Waals surface area contributed by atoms with Crippen molar-refractivity contribution < 1.29 is 14.6 Å². The first-order chi connectivity index (χ1) is 10.8. The van der Waals surface area contributed by atoms with Crippen LogP contribution >= 0.6 is 11.6 Å². The van der Waals surface area contributed by atoms with Crippen LogP contribution in [0, 0.1) is 0 Å². The first kappa shape index (κ1) is 17.2. The van der Waals surface area contributed by atoms with Crippen LogP contribution in [0.15, 0.2) is 18.2 Å². The predicted octanol–water partition coefficient (Wildman–Crippen LogP) is 2.08. The van der Waals surface area contributed by atoms with Crippen LogP contribution in [-0.2, 0) is 4.74 Å². The number of nitrogens with zero attached hydrogens (tertiary/aromatic N) is 3. The summed E-state index contributed by atoms with van der Waals surface area (Å²) in [6, 6.07) is 4.38. The lowest BCUT2D eigenvalue weighted by Crippen LogP contribution is -2.36. The average molecular weight is 340 g/mol. The van der Waals surface area contributed by atoms with Gasteiger partial charge in [0, 0.05) is 5.56 Å². The highest BCUT2D eigenvalue weighted by Crippen LogP contribution is 2.28. The molecule has 1 aromatic heterocycles. The van der Waals surface area contributed by atoms with Crippen molar-refractivity contribution in [2.45, 2.75) is 32.4 Å². The summed E-state index contributed by atoms with van der Waals surface area (Å²) >= 11 is 6.13. The first-order valence-corrected chi connectivity index (χ1v) is 7.31. The number of ether oxygens (including phenoxy) is 1. The van der Waals surface area contributed by atoms with E-state index in [1.807, 2.05) is 0 Å². The summed E-state index contributed by atoms with van der Waals surface area (Å²) in [6.45, 7) is 4.98. The van der Waals surface area contributed by atoms with Crippen LogP contribution in [0.25, 0.3) is 11.4 Å². The smallest absolute Gasteiger partial charge is 0.408 e. The maximum Gasteiger partial charge on any atom is 0.408 e. The highest BCUT2D eigenvalue weighted by molar-refractivity contribution is 6.33. The molecule has 1 atom stereocenters. The number of rotatable bonds is 4. The fraction of sp³-hybridized carbons (Fsp3) is 0.429. The Hall–Kier alpha value is -2.19. The van der Waals surface area contributed by atoms with Crippen molar-refractivity contribution in [2.24, 2.45) is 0 Å². The maximum absolute atomic E-state index is 11.9. The number of carbonyl (C=O) groups is 1. The lowest BCUT2D eigenvalue weighted by atomic mass is 10.0. The Morgan fingerprint density at radius 3 is 2.78 bits per heavy atom. The number of amides is 1. The quantitative estimate of drug-likeness (QED) is 0.786. The molecule has 0 fully saturated rings. The maximum atomic E-state index is 11.9. The van der Waals surface area contributed by atoms with E-state index in [0.717, 1.165) is 0 Å². The van der Waals surface area contributed by atoms with Crippen LogP contribution in [-0.4, -0.2) is 44.0 Å². The van der Waals surface area contributed by atoms with Gasteiger partial charge in [-0.3, -0.25) is 0 Å². The van der Waals surface area contributed by atoms with Crippen LogP contribution in [0.3, 0.4) is 0 Å². The van der Waals surface area contributed by atoms with Gasteiger partial charge < -0.3 is 15.2 Å². The molecule has 0 radical (unpaired) electrons. The van der Waals surface area contributed by atoms with Crippen LogP contribution in [0.5, 0.6) is 0 Å². The molecule has 1 amide bonds. The van der Waals surface area contributed by atoms with Crippen LogP contribution in [0.2, 0.25) is 5.02 Å². The minimum absolute atomic E-state index is 0.299. The minimum atomic E-state index is -0.646. The fourth-order valence-corrected chi connectivity index (χ4v) is 2.09. The number of hydrogen-bond acceptors (Lipinski definition) is 6. The summed E-state index contributed by atoms with van der Waals surface area (Å²) in [7, 11) is 0. The molecule has 1 aromatic carbocycles. The van der Waals surface area contributed by atoms with Crippen molar-refractivity contribution in [3.63, 3.8) is 0 Å². The molecule has 2 rings (SSSR count). The van der Waals surface area contributed by atoms with E-state index in [2.05, 4.69) is 25.9 Å². The van der Waals surface area contributed by atoms with Crippen LogP contribution < -0.4 is 5.32 Å². The monoisotopic (exact) mass is 339 g/mol. The van der Waals surface area contributed by atoms with Gasteiger partial charge in [0.25, 0.3) is 0 Å². The Balaban J connectivity index is 2.22. The third kappa shape index (κ3) is 4.64. The Labute approximate surface area is 138 Å². The molecule has 8 nitrogen and oxygen atoms in total. The normalized spacial score (nSPS) is 12.7. The van der Waals surface area contributed by atoms with Gasteiger partial charge in [0.15, 0.2) is 0 Å². The number of aromatic amines is 1. The highest BCUT2D eigenvalue weighted by Gasteiger charge is 2.21. The van der Waals surface area contributed by atoms with Gasteiger partial charge in [-0.1, -0.05) is 17.7 Å². The Morgan fingerprint density at radius 1 is 1.48 bits per heavy atom. The second kappa shape index (κ2) is 6.93. The predicted molar refractivity (Wildman–Crippen MR) is 83.8 cm³/mol. The van der Waals surface area contributed by atoms with E-state index in [-0.39, 0.29) is 6.61 Å². The van der Waals surface area contributed by atoms with Gasteiger partial charge in [-0.15, -0.1) is 10.2 Å². The number of aromatic nitrogens is 4. The zero-order chi connectivity index (χ0) is 17.0. The summed E-state index contributed by atoms with van der Waals surface area (Å²) in [5.41, 5.74) is 0.560. The molecule has 0 aliphatic heterocycles. The number of alkyl carbamates (subject to hydrolysis) is 1. The van der Waals surface area contributed by atoms with E-state index >= 15 is 0 Å². The van der Waals surface area contributed by atoms with E-state index in [4.69, 9.17) is 16.3 Å². The summed E-state index contributed by atoms with van der Waals surface area (Å²) in [5, 5.41) is 26.2. The van der Waals surface area contributed by atoms with Gasteiger partial charge in [-0.2, -0.15) is 5.21 Å². The van der Waals surface area contributed by atoms with Gasteiger partial charge in [-0.05, 0) is 43.7 Å². The zero-order valence-corrected chi connectivity index (χ0v) is 13.8. The Morgan fingerprint density at radius 2 is 2.22 bits per heavy atom. The molecular weight excluding hydrogens is 322 g/mol. The molecule has 1 unspecified atom stereocenters. The van der Waals surface area contributed by atoms with Crippen molar-refractivity contribution in [1.82, 2.24) is 25.9 Å². The largest absolute Gasteiger partial charge is 0.444 e. The van der Waals surface area contributed by atoms with E-state index in [0.29, 0.717) is 22.0 Å². The standard InChI is InChI=1S/C14H18ClN5O3/c1-14(2,3)23-13(22)16-11(7-21)8-4-5-10(15)9(6-8)12-17-19-20-18-12/h4-6,11,21H,7H2,1-3H3,(H,16,22)(H,17,18,19,20). The second-order valence-electron chi connectivity index (χ2n) is 5.86. The number of H-pyrrole nitrogens is 1. The second-order valence-corrected chi connectivity index (χ2v) is 6.26. The molecule has 0 spiro atoms. The topological polar surface area (TPSA) is 113 Å². The number of aliphatic hydroxyl groups is 1. The van der Waals surface area contributed by atoms with Gasteiger partial charge in [0.1, 0.15) is 5.60 Å². The summed E-state index contributed by atoms with van der Waals surface area (Å²) in [6.07, 6.45) is -0.618. The minimum Gasteiger partial charge on any atom is -0.444 e. The van der Waals surface area contributed by atoms with E-state index < -0.39 is 17.7 Å². The number of halogens is 1. The molecule has 0 aliphatic carbocycles. The molecule has 23 heavy (non-hydrogen) atoms. The van der Waals surface area contributed by atoms with E-state index in [1.54, 1.807) is 39.0 Å². The average Bonchev–Trinajstić information content (AvgIpc) is 2.97. The molecular formula is C14H18ClN5O3. The molecule has 124 valence electrons. The van der Waals surface area contributed by atoms with Gasteiger partial charge in [0.05, 0.1) is 17.7 Å². The van der Waals surface area contributed by atoms with Gasteiger partial charge in [0.2, 0.25) is 5.82 Å². The first-order valence-electron chi connectivity index (χ1n) is 6.94. The Kier molecular flexibility index (Phi) is 5.17. The molecule has 0 saturated heterocycles. The SMILES string of the molecule is CC(C)(C)OC(=O)NC(CO)c1ccc(Cl)c(-c2nn[nH]n2)c1.